The number of benzene rings is 2. The summed E-state index contributed by atoms with van der Waals surface area (Å²) >= 11 is 0. The van der Waals surface area contributed by atoms with Gasteiger partial charge in [-0.15, -0.1) is 0 Å². The molecule has 0 radical (unpaired) electrons. The van der Waals surface area contributed by atoms with E-state index in [-0.39, 0.29) is 5.97 Å². The van der Waals surface area contributed by atoms with Crippen molar-refractivity contribution in [2.24, 2.45) is 0 Å². The topological polar surface area (TPSA) is 65.2 Å². The number of oxazole rings is 1. The van der Waals surface area contributed by atoms with Gasteiger partial charge in [-0.3, -0.25) is 9.78 Å². The number of fused-ring (bicyclic) bond motifs is 2. The van der Waals surface area contributed by atoms with E-state index in [0.717, 1.165) is 10.8 Å². The number of aromatic nitrogens is 2. The molecule has 0 bridgehead atoms. The molecule has 0 aliphatic carbocycles. The van der Waals surface area contributed by atoms with Gasteiger partial charge in [0, 0.05) is 24.6 Å². The first-order valence-corrected chi connectivity index (χ1v) is 7.14. The van der Waals surface area contributed by atoms with Crippen molar-refractivity contribution in [2.45, 2.75) is 6.92 Å². The van der Waals surface area contributed by atoms with Crippen LogP contribution in [-0.4, -0.2) is 15.9 Å². The molecule has 0 N–H and O–H groups in total. The molecule has 0 spiro atoms. The van der Waals surface area contributed by atoms with E-state index in [2.05, 4.69) is 9.97 Å². The number of ether oxygens (including phenoxy) is 1. The minimum Gasteiger partial charge on any atom is -0.435 e. The summed E-state index contributed by atoms with van der Waals surface area (Å²) in [6, 6.07) is 15.0. The van der Waals surface area contributed by atoms with Gasteiger partial charge in [0.25, 0.3) is 0 Å². The maximum Gasteiger partial charge on any atom is 0.308 e. The van der Waals surface area contributed by atoms with Crippen molar-refractivity contribution in [3.05, 3.63) is 54.7 Å². The van der Waals surface area contributed by atoms with Crippen molar-refractivity contribution < 1.29 is 13.9 Å². The molecule has 0 aliphatic rings. The molecule has 0 amide bonds. The lowest BCUT2D eigenvalue weighted by molar-refractivity contribution is -0.131. The van der Waals surface area contributed by atoms with Gasteiger partial charge in [-0.05, 0) is 23.6 Å². The number of rotatable bonds is 2. The van der Waals surface area contributed by atoms with E-state index in [4.69, 9.17) is 9.15 Å². The van der Waals surface area contributed by atoms with E-state index in [1.165, 1.54) is 6.92 Å². The maximum atomic E-state index is 11.0. The number of esters is 1. The minimum atomic E-state index is -0.375. The molecule has 5 nitrogen and oxygen atoms in total. The van der Waals surface area contributed by atoms with E-state index in [9.17, 15) is 4.79 Å². The summed E-state index contributed by atoms with van der Waals surface area (Å²) in [5, 5.41) is 2.04. The van der Waals surface area contributed by atoms with E-state index in [1.807, 2.05) is 30.3 Å². The average molecular weight is 304 g/mol. The smallest absolute Gasteiger partial charge is 0.308 e. The van der Waals surface area contributed by atoms with Crippen LogP contribution in [0.2, 0.25) is 0 Å². The zero-order valence-corrected chi connectivity index (χ0v) is 12.3. The Labute approximate surface area is 131 Å². The minimum absolute atomic E-state index is 0.375. The normalized spacial score (nSPS) is 11.0. The summed E-state index contributed by atoms with van der Waals surface area (Å²) in [4.78, 5) is 19.9. The van der Waals surface area contributed by atoms with Gasteiger partial charge < -0.3 is 9.15 Å². The molecule has 0 saturated heterocycles. The second-order valence-electron chi connectivity index (χ2n) is 5.12. The highest BCUT2D eigenvalue weighted by Crippen LogP contribution is 2.30. The Hall–Kier alpha value is -3.21. The van der Waals surface area contributed by atoms with Crippen LogP contribution in [0.1, 0.15) is 6.92 Å². The second-order valence-corrected chi connectivity index (χ2v) is 5.12. The lowest BCUT2D eigenvalue weighted by Crippen LogP contribution is -2.00. The molecular formula is C18H12N2O3. The summed E-state index contributed by atoms with van der Waals surface area (Å²) in [7, 11) is 0. The van der Waals surface area contributed by atoms with E-state index < -0.39 is 0 Å². The fourth-order valence-corrected chi connectivity index (χ4v) is 2.53. The largest absolute Gasteiger partial charge is 0.435 e. The highest BCUT2D eigenvalue weighted by molar-refractivity contribution is 5.93. The average Bonchev–Trinajstić information content (AvgIpc) is 2.96. The molecule has 0 unspecified atom stereocenters. The second kappa shape index (κ2) is 5.21. The molecule has 5 heteroatoms. The van der Waals surface area contributed by atoms with Crippen LogP contribution in [0.15, 0.2) is 59.1 Å². The third-order valence-corrected chi connectivity index (χ3v) is 3.50. The zero-order chi connectivity index (χ0) is 15.8. The summed E-state index contributed by atoms with van der Waals surface area (Å²) in [6.07, 6.45) is 1.73. The first-order chi connectivity index (χ1) is 11.2. The molecule has 0 atom stereocenters. The number of carbonyl (C=O) groups is 1. The standard InChI is InChI=1S/C18H12N2O3/c1-11(21)22-13-6-7-15-16(10-13)23-18(20-15)17-14-5-3-2-4-12(14)8-9-19-17/h2-10H,1H3. The molecule has 4 aromatic rings. The van der Waals surface area contributed by atoms with E-state index >= 15 is 0 Å². The number of pyridine rings is 1. The van der Waals surface area contributed by atoms with Gasteiger partial charge in [-0.25, -0.2) is 4.98 Å². The Morgan fingerprint density at radius 2 is 2.00 bits per heavy atom. The first kappa shape index (κ1) is 13.5. The Morgan fingerprint density at radius 1 is 1.13 bits per heavy atom. The Morgan fingerprint density at radius 3 is 2.87 bits per heavy atom. The van der Waals surface area contributed by atoms with Crippen LogP contribution in [0.25, 0.3) is 33.5 Å². The van der Waals surface area contributed by atoms with Crippen LogP contribution < -0.4 is 4.74 Å². The molecule has 0 fully saturated rings. The third kappa shape index (κ3) is 2.42. The van der Waals surface area contributed by atoms with Gasteiger partial charge in [0.05, 0.1) is 0 Å². The molecular weight excluding hydrogens is 292 g/mol. The summed E-state index contributed by atoms with van der Waals surface area (Å²) in [5.74, 6) is 0.496. The summed E-state index contributed by atoms with van der Waals surface area (Å²) < 4.78 is 10.9. The molecule has 2 aromatic heterocycles. The lowest BCUT2D eigenvalue weighted by atomic mass is 10.1. The van der Waals surface area contributed by atoms with Crippen molar-refractivity contribution in [2.75, 3.05) is 0 Å². The monoisotopic (exact) mass is 304 g/mol. The SMILES string of the molecule is CC(=O)Oc1ccc2nc(-c3nccc4ccccc34)oc2c1. The third-order valence-electron chi connectivity index (χ3n) is 3.50. The van der Waals surface area contributed by atoms with Gasteiger partial charge in [-0.2, -0.15) is 0 Å². The molecule has 0 saturated carbocycles. The molecule has 4 rings (SSSR count). The van der Waals surface area contributed by atoms with Crippen LogP contribution in [-0.2, 0) is 4.79 Å². The van der Waals surface area contributed by atoms with Gasteiger partial charge in [0.1, 0.15) is 17.0 Å². The van der Waals surface area contributed by atoms with Crippen LogP contribution in [0.4, 0.5) is 0 Å². The van der Waals surface area contributed by atoms with Crippen molar-refractivity contribution in [1.29, 1.82) is 0 Å². The highest BCUT2D eigenvalue weighted by atomic mass is 16.5. The van der Waals surface area contributed by atoms with Gasteiger partial charge >= 0.3 is 5.97 Å². The molecule has 112 valence electrons. The lowest BCUT2D eigenvalue weighted by Gasteiger charge is -2.01. The van der Waals surface area contributed by atoms with Crippen LogP contribution >= 0.6 is 0 Å². The predicted octanol–water partition coefficient (Wildman–Crippen LogP) is 3.97. The van der Waals surface area contributed by atoms with Gasteiger partial charge in [-0.1, -0.05) is 24.3 Å². The molecule has 2 heterocycles. The molecule has 23 heavy (non-hydrogen) atoms. The predicted molar refractivity (Wildman–Crippen MR) is 86.1 cm³/mol. The maximum absolute atomic E-state index is 11.0. The Bertz CT molecular complexity index is 1030. The van der Waals surface area contributed by atoms with Gasteiger partial charge in [0.15, 0.2) is 5.58 Å². The fraction of sp³-hybridized carbons (Fsp3) is 0.0556. The molecule has 2 aromatic carbocycles. The van der Waals surface area contributed by atoms with E-state index in [1.54, 1.807) is 24.4 Å². The highest BCUT2D eigenvalue weighted by Gasteiger charge is 2.13. The number of nitrogens with zero attached hydrogens (tertiary/aromatic N) is 2. The first-order valence-electron chi connectivity index (χ1n) is 7.14. The Balaban J connectivity index is 1.86. The fourth-order valence-electron chi connectivity index (χ4n) is 2.53. The van der Waals surface area contributed by atoms with Gasteiger partial charge in [0.2, 0.25) is 5.89 Å². The van der Waals surface area contributed by atoms with Crippen molar-refractivity contribution in [1.82, 2.24) is 9.97 Å². The number of hydrogen-bond acceptors (Lipinski definition) is 5. The Kier molecular flexibility index (Phi) is 3.05. The van der Waals surface area contributed by atoms with E-state index in [0.29, 0.717) is 28.4 Å². The van der Waals surface area contributed by atoms with Crippen molar-refractivity contribution >= 4 is 27.8 Å². The van der Waals surface area contributed by atoms with Crippen molar-refractivity contribution in [3.63, 3.8) is 0 Å². The summed E-state index contributed by atoms with van der Waals surface area (Å²) in [5.41, 5.74) is 1.92. The van der Waals surface area contributed by atoms with Crippen molar-refractivity contribution in [3.8, 4) is 17.3 Å². The van der Waals surface area contributed by atoms with Crippen LogP contribution in [0.5, 0.6) is 5.75 Å². The quantitative estimate of drug-likeness (QED) is 0.414. The molecule has 0 aliphatic heterocycles. The number of hydrogen-bond donors (Lipinski definition) is 0. The summed E-state index contributed by atoms with van der Waals surface area (Å²) in [6.45, 7) is 1.36. The number of carbonyl (C=O) groups excluding carboxylic acids is 1. The van der Waals surface area contributed by atoms with Crippen LogP contribution in [0.3, 0.4) is 0 Å². The zero-order valence-electron chi connectivity index (χ0n) is 12.3. The van der Waals surface area contributed by atoms with Crippen LogP contribution in [0, 0.1) is 0 Å².